The van der Waals surface area contributed by atoms with Gasteiger partial charge in [0.25, 0.3) is 0 Å². The minimum atomic E-state index is -4.06. The van der Waals surface area contributed by atoms with Crippen molar-refractivity contribution in [3.63, 3.8) is 0 Å². The number of β-amino-alcohol motifs (C(OH)–C–C–N with tert-alkyl or cyclic N) is 1. The summed E-state index contributed by atoms with van der Waals surface area (Å²) in [5, 5.41) is 14.4. The highest BCUT2D eigenvalue weighted by atomic mass is 32.2. The number of ether oxygens (including phenoxy) is 5. The molecule has 0 bridgehead atoms. The monoisotopic (exact) mass is 630 g/mol. The minimum Gasteiger partial charge on any atom is -0.497 e. The van der Waals surface area contributed by atoms with Crippen molar-refractivity contribution in [2.75, 3.05) is 40.0 Å². The van der Waals surface area contributed by atoms with E-state index in [1.807, 2.05) is 42.5 Å². The number of aliphatic hydroxyl groups excluding tert-OH is 1. The summed E-state index contributed by atoms with van der Waals surface area (Å²) in [6.07, 6.45) is 4.34. The molecule has 2 aromatic rings. The number of carbonyl (C=O) groups excluding carboxylic acids is 1. The van der Waals surface area contributed by atoms with E-state index in [4.69, 9.17) is 23.7 Å². The summed E-state index contributed by atoms with van der Waals surface area (Å²) in [5.74, 6) is 0.482. The Bertz CT molecular complexity index is 1370. The van der Waals surface area contributed by atoms with Crippen LogP contribution < -0.4 is 10.1 Å². The average Bonchev–Trinajstić information content (AvgIpc) is 3.64. The molecule has 240 valence electrons. The number of nitrogens with one attached hydrogen (secondary N) is 1. The number of carbonyl (C=O) groups is 1. The van der Waals surface area contributed by atoms with Crippen LogP contribution in [0.3, 0.4) is 0 Å². The summed E-state index contributed by atoms with van der Waals surface area (Å²) < 4.78 is 57.6. The number of rotatable bonds is 8. The first-order valence-electron chi connectivity index (χ1n) is 15.2. The maximum atomic E-state index is 14.2. The zero-order chi connectivity index (χ0) is 30.9. The van der Waals surface area contributed by atoms with Crippen LogP contribution in [0.15, 0.2) is 65.6 Å². The number of fused-ring (bicyclic) bond motifs is 2. The molecule has 3 heterocycles. The number of benzene rings is 2. The molecule has 0 spiro atoms. The van der Waals surface area contributed by atoms with Crippen LogP contribution in [0.2, 0.25) is 0 Å². The molecule has 2 N–H and O–H groups in total. The van der Waals surface area contributed by atoms with Gasteiger partial charge >= 0.3 is 6.09 Å². The molecule has 3 aliphatic rings. The second-order valence-electron chi connectivity index (χ2n) is 11.3. The third kappa shape index (κ3) is 8.17. The third-order valence-corrected chi connectivity index (χ3v) is 10.2. The van der Waals surface area contributed by atoms with E-state index in [1.165, 1.54) is 17.5 Å². The van der Waals surface area contributed by atoms with Crippen molar-refractivity contribution < 1.29 is 42.0 Å². The molecule has 2 saturated heterocycles. The van der Waals surface area contributed by atoms with Gasteiger partial charge in [-0.05, 0) is 55.9 Å². The average molecular weight is 631 g/mol. The van der Waals surface area contributed by atoms with Gasteiger partial charge in [0.1, 0.15) is 11.9 Å². The highest BCUT2D eigenvalue weighted by Gasteiger charge is 2.44. The van der Waals surface area contributed by atoms with Crippen LogP contribution >= 0.6 is 0 Å². The van der Waals surface area contributed by atoms with Crippen LogP contribution in [0.4, 0.5) is 4.79 Å². The van der Waals surface area contributed by atoms with Gasteiger partial charge in [-0.25, -0.2) is 13.2 Å². The Labute approximate surface area is 259 Å². The zero-order valence-electron chi connectivity index (χ0n) is 25.0. The lowest BCUT2D eigenvalue weighted by atomic mass is 10.0. The molecule has 5 rings (SSSR count). The quantitative estimate of drug-likeness (QED) is 0.421. The topological polar surface area (TPSA) is 133 Å². The van der Waals surface area contributed by atoms with Crippen molar-refractivity contribution in [1.29, 1.82) is 0 Å². The molecule has 44 heavy (non-hydrogen) atoms. The predicted octanol–water partition coefficient (Wildman–Crippen LogP) is 3.40. The van der Waals surface area contributed by atoms with Crippen molar-refractivity contribution in [3.8, 4) is 5.75 Å². The standard InChI is InChI=1S/C32H42N2O9S/c1-39-25-12-13-30-24(19-25)21-40-16-9-4-2-3-8-15-34(44(30,37)38)20-28(35)27(18-23-10-6-5-7-11-23)33-32(36)43-29-22-42-31-26(29)14-17-41-31/h4-7,9-13,19,26-29,31,35H,2-3,8,14-18,20-22H2,1H3,(H,33,36)/b9-4-/t26-,27-,28+,29-,31+/m0/s1. The van der Waals surface area contributed by atoms with Gasteiger partial charge in [-0.1, -0.05) is 42.5 Å². The molecule has 11 nitrogen and oxygen atoms in total. The molecule has 0 aliphatic carbocycles. The predicted molar refractivity (Wildman–Crippen MR) is 162 cm³/mol. The molecule has 5 atom stereocenters. The van der Waals surface area contributed by atoms with Gasteiger partial charge in [0.15, 0.2) is 6.29 Å². The maximum Gasteiger partial charge on any atom is 0.407 e. The number of methoxy groups -OCH3 is 1. The SMILES string of the molecule is COc1ccc2c(c1)COC/C=C\CCCCN(C[C@@H](O)[C@H](Cc1ccccc1)NC(=O)O[C@H]1CO[C@H]3OCC[C@H]31)S2(=O)=O. The van der Waals surface area contributed by atoms with E-state index in [1.54, 1.807) is 12.1 Å². The van der Waals surface area contributed by atoms with Crippen LogP contribution in [-0.4, -0.2) is 88.5 Å². The molecule has 2 fully saturated rings. The van der Waals surface area contributed by atoms with E-state index in [0.29, 0.717) is 30.9 Å². The first-order valence-corrected chi connectivity index (χ1v) is 16.6. The fraction of sp³-hybridized carbons (Fsp3) is 0.531. The number of sulfonamides is 1. The van der Waals surface area contributed by atoms with Crippen LogP contribution in [0.25, 0.3) is 0 Å². The Balaban J connectivity index is 1.37. The first-order chi connectivity index (χ1) is 21.3. The maximum absolute atomic E-state index is 14.2. The number of hydrogen-bond donors (Lipinski definition) is 2. The van der Waals surface area contributed by atoms with Gasteiger partial charge in [-0.15, -0.1) is 0 Å². The van der Waals surface area contributed by atoms with Crippen molar-refractivity contribution >= 4 is 16.1 Å². The van der Waals surface area contributed by atoms with Crippen LogP contribution in [0, 0.1) is 5.92 Å². The van der Waals surface area contributed by atoms with Gasteiger partial charge in [0, 0.05) is 18.7 Å². The second kappa shape index (κ2) is 15.3. The molecule has 0 unspecified atom stereocenters. The Morgan fingerprint density at radius 2 is 1.98 bits per heavy atom. The van der Waals surface area contributed by atoms with Crippen molar-refractivity contribution in [1.82, 2.24) is 9.62 Å². The van der Waals surface area contributed by atoms with E-state index in [9.17, 15) is 18.3 Å². The molecule has 2 aromatic carbocycles. The van der Waals surface area contributed by atoms with Gasteiger partial charge < -0.3 is 34.1 Å². The van der Waals surface area contributed by atoms with Crippen molar-refractivity contribution in [2.45, 2.75) is 68.1 Å². The molecule has 3 aliphatic heterocycles. The Morgan fingerprint density at radius 3 is 2.80 bits per heavy atom. The zero-order valence-corrected chi connectivity index (χ0v) is 25.8. The highest BCUT2D eigenvalue weighted by molar-refractivity contribution is 7.89. The Hall–Kier alpha value is -3.00. The van der Waals surface area contributed by atoms with Gasteiger partial charge in [-0.2, -0.15) is 4.31 Å². The smallest absolute Gasteiger partial charge is 0.407 e. The number of alkyl carbamates (subject to hydrolysis) is 1. The number of allylic oxidation sites excluding steroid dienone is 1. The van der Waals surface area contributed by atoms with E-state index < -0.39 is 34.4 Å². The van der Waals surface area contributed by atoms with Crippen LogP contribution in [0.1, 0.15) is 36.8 Å². The minimum absolute atomic E-state index is 0.0348. The largest absolute Gasteiger partial charge is 0.497 e. The van der Waals surface area contributed by atoms with Crippen LogP contribution in [0.5, 0.6) is 5.75 Å². The lowest BCUT2D eigenvalue weighted by Crippen LogP contribution is -2.51. The Kier molecular flexibility index (Phi) is 11.3. The Morgan fingerprint density at radius 1 is 1.14 bits per heavy atom. The molecule has 0 aromatic heterocycles. The van der Waals surface area contributed by atoms with Gasteiger partial charge in [-0.3, -0.25) is 0 Å². The van der Waals surface area contributed by atoms with Crippen molar-refractivity contribution in [3.05, 3.63) is 71.8 Å². The summed E-state index contributed by atoms with van der Waals surface area (Å²) in [5.41, 5.74) is 1.34. The molecular formula is C32H42N2O9S. The fourth-order valence-corrected chi connectivity index (χ4v) is 7.51. The lowest BCUT2D eigenvalue weighted by molar-refractivity contribution is -0.0907. The summed E-state index contributed by atoms with van der Waals surface area (Å²) >= 11 is 0. The van der Waals surface area contributed by atoms with Crippen LogP contribution in [-0.2, 0) is 42.0 Å². The number of aliphatic hydroxyl groups is 1. The number of nitrogens with zero attached hydrogens (tertiary/aromatic N) is 1. The summed E-state index contributed by atoms with van der Waals surface area (Å²) in [4.78, 5) is 13.2. The van der Waals surface area contributed by atoms with E-state index >= 15 is 0 Å². The molecule has 12 heteroatoms. The summed E-state index contributed by atoms with van der Waals surface area (Å²) in [6.45, 7) is 1.20. The van der Waals surface area contributed by atoms with Gasteiger partial charge in [0.2, 0.25) is 10.0 Å². The summed E-state index contributed by atoms with van der Waals surface area (Å²) in [6, 6.07) is 13.4. The summed E-state index contributed by atoms with van der Waals surface area (Å²) in [7, 11) is -2.54. The van der Waals surface area contributed by atoms with E-state index in [-0.39, 0.29) is 49.8 Å². The molecule has 1 amide bonds. The molecule has 0 radical (unpaired) electrons. The lowest BCUT2D eigenvalue weighted by Gasteiger charge is -2.30. The number of amides is 1. The molecular weight excluding hydrogens is 588 g/mol. The van der Waals surface area contributed by atoms with E-state index in [0.717, 1.165) is 24.8 Å². The second-order valence-corrected chi connectivity index (χ2v) is 13.2. The normalized spacial score (nSPS) is 26.1. The fourth-order valence-electron chi connectivity index (χ4n) is 5.83. The van der Waals surface area contributed by atoms with Crippen molar-refractivity contribution in [2.24, 2.45) is 5.92 Å². The third-order valence-electron chi connectivity index (χ3n) is 8.25. The first kappa shape index (κ1) is 32.4. The molecule has 0 saturated carbocycles. The highest BCUT2D eigenvalue weighted by Crippen LogP contribution is 2.33. The number of hydrogen-bond acceptors (Lipinski definition) is 9. The van der Waals surface area contributed by atoms with E-state index in [2.05, 4.69) is 5.32 Å². The van der Waals surface area contributed by atoms with Gasteiger partial charge in [0.05, 0.1) is 56.5 Å².